The molecule has 1 aromatic heterocycles. The number of aromatic nitrogens is 2. The lowest BCUT2D eigenvalue weighted by Crippen LogP contribution is -2.30. The van der Waals surface area contributed by atoms with Gasteiger partial charge in [-0.1, -0.05) is 6.07 Å². The average Bonchev–Trinajstić information content (AvgIpc) is 3.33. The Bertz CT molecular complexity index is 694. The van der Waals surface area contributed by atoms with Crippen LogP contribution in [0.2, 0.25) is 0 Å². The van der Waals surface area contributed by atoms with E-state index in [0.717, 1.165) is 24.2 Å². The number of amides is 1. The lowest BCUT2D eigenvalue weighted by Gasteiger charge is -2.17. The highest BCUT2D eigenvalue weighted by Gasteiger charge is 2.19. The molecule has 1 aromatic carbocycles. The van der Waals surface area contributed by atoms with Gasteiger partial charge >= 0.3 is 0 Å². The van der Waals surface area contributed by atoms with E-state index in [-0.39, 0.29) is 18.1 Å². The van der Waals surface area contributed by atoms with Gasteiger partial charge in [-0.15, -0.1) is 0 Å². The van der Waals surface area contributed by atoms with E-state index in [9.17, 15) is 4.79 Å². The molecule has 0 spiro atoms. The topological polar surface area (TPSA) is 65.4 Å². The van der Waals surface area contributed by atoms with Crippen molar-refractivity contribution in [3.05, 3.63) is 42.5 Å². The highest BCUT2D eigenvalue weighted by atomic mass is 16.5. The molecule has 134 valence electrons. The first-order chi connectivity index (χ1) is 12.2. The fraction of sp³-hybridized carbons (Fsp3) is 0.474. The first-order valence-electron chi connectivity index (χ1n) is 8.76. The van der Waals surface area contributed by atoms with E-state index in [1.165, 1.54) is 12.8 Å². The Kier molecular flexibility index (Phi) is 5.58. The maximum Gasteiger partial charge on any atom is 0.243 e. The molecule has 3 rings (SSSR count). The molecule has 25 heavy (non-hydrogen) atoms. The molecule has 0 saturated heterocycles. The predicted octanol–water partition coefficient (Wildman–Crippen LogP) is 3.09. The van der Waals surface area contributed by atoms with Gasteiger partial charge in [0.1, 0.15) is 6.04 Å². The van der Waals surface area contributed by atoms with Crippen LogP contribution in [0.1, 0.15) is 44.2 Å². The molecule has 0 unspecified atom stereocenters. The van der Waals surface area contributed by atoms with Crippen molar-refractivity contribution >= 4 is 5.91 Å². The van der Waals surface area contributed by atoms with Crippen LogP contribution in [-0.4, -0.2) is 28.7 Å². The van der Waals surface area contributed by atoms with Crippen molar-refractivity contribution in [1.29, 1.82) is 0 Å². The van der Waals surface area contributed by atoms with Gasteiger partial charge in [0.25, 0.3) is 0 Å². The molecule has 1 atom stereocenters. The number of hydrogen-bond donors (Lipinski definition) is 1. The van der Waals surface area contributed by atoms with Crippen LogP contribution in [0.25, 0.3) is 0 Å². The lowest BCUT2D eigenvalue weighted by molar-refractivity contribution is -0.124. The first kappa shape index (κ1) is 17.3. The molecule has 1 heterocycles. The highest BCUT2D eigenvalue weighted by Crippen LogP contribution is 2.32. The minimum Gasteiger partial charge on any atom is -0.493 e. The van der Waals surface area contributed by atoms with Crippen molar-refractivity contribution in [2.45, 2.75) is 51.3 Å². The number of carbonyl (C=O) groups excluding carboxylic acids is 1. The summed E-state index contributed by atoms with van der Waals surface area (Å²) in [5.41, 5.74) is 0.974. The summed E-state index contributed by atoms with van der Waals surface area (Å²) >= 11 is 0. The zero-order valence-corrected chi connectivity index (χ0v) is 14.8. The van der Waals surface area contributed by atoms with Crippen molar-refractivity contribution < 1.29 is 14.3 Å². The van der Waals surface area contributed by atoms with Crippen molar-refractivity contribution in [2.75, 3.05) is 7.11 Å². The number of nitrogens with zero attached hydrogens (tertiary/aromatic N) is 2. The fourth-order valence-corrected chi connectivity index (χ4v) is 3.08. The summed E-state index contributed by atoms with van der Waals surface area (Å²) in [6.45, 7) is 2.29. The third kappa shape index (κ3) is 4.32. The zero-order chi connectivity index (χ0) is 17.6. The van der Waals surface area contributed by atoms with E-state index in [0.29, 0.717) is 12.3 Å². The number of ether oxygens (including phenoxy) is 2. The SMILES string of the molecule is COc1cc(CNC(=O)[C@H](C)n2ccnc2)ccc1OC1CCCC1. The van der Waals surface area contributed by atoms with Gasteiger partial charge in [-0.3, -0.25) is 4.79 Å². The van der Waals surface area contributed by atoms with Crippen LogP contribution in [0, 0.1) is 0 Å². The second-order valence-corrected chi connectivity index (χ2v) is 6.41. The van der Waals surface area contributed by atoms with Crippen LogP contribution in [0.5, 0.6) is 11.5 Å². The van der Waals surface area contributed by atoms with E-state index in [1.807, 2.05) is 25.1 Å². The van der Waals surface area contributed by atoms with Gasteiger partial charge in [0, 0.05) is 18.9 Å². The van der Waals surface area contributed by atoms with Crippen molar-refractivity contribution in [3.63, 3.8) is 0 Å². The van der Waals surface area contributed by atoms with Gasteiger partial charge in [-0.25, -0.2) is 4.98 Å². The Balaban J connectivity index is 1.59. The molecule has 2 aromatic rings. The second kappa shape index (κ2) is 8.05. The lowest BCUT2D eigenvalue weighted by atomic mass is 10.2. The Labute approximate surface area is 148 Å². The van der Waals surface area contributed by atoms with Crippen LogP contribution in [0.3, 0.4) is 0 Å². The second-order valence-electron chi connectivity index (χ2n) is 6.41. The predicted molar refractivity (Wildman–Crippen MR) is 94.7 cm³/mol. The summed E-state index contributed by atoms with van der Waals surface area (Å²) in [4.78, 5) is 16.2. The first-order valence-corrected chi connectivity index (χ1v) is 8.76. The minimum atomic E-state index is -0.297. The molecule has 0 aliphatic heterocycles. The van der Waals surface area contributed by atoms with E-state index >= 15 is 0 Å². The summed E-state index contributed by atoms with van der Waals surface area (Å²) in [5, 5.41) is 2.95. The minimum absolute atomic E-state index is 0.0525. The number of hydrogen-bond acceptors (Lipinski definition) is 4. The monoisotopic (exact) mass is 343 g/mol. The summed E-state index contributed by atoms with van der Waals surface area (Å²) in [5.74, 6) is 1.43. The van der Waals surface area contributed by atoms with Crippen LogP contribution in [0.15, 0.2) is 36.9 Å². The van der Waals surface area contributed by atoms with Gasteiger partial charge in [0.05, 0.1) is 19.5 Å². The molecule has 1 N–H and O–H groups in total. The summed E-state index contributed by atoms with van der Waals surface area (Å²) in [7, 11) is 1.64. The smallest absolute Gasteiger partial charge is 0.243 e. The van der Waals surface area contributed by atoms with Gasteiger partial charge in [-0.05, 0) is 50.3 Å². The van der Waals surface area contributed by atoms with Gasteiger partial charge in [-0.2, -0.15) is 0 Å². The van der Waals surface area contributed by atoms with Crippen LogP contribution >= 0.6 is 0 Å². The molecule has 1 fully saturated rings. The number of rotatable bonds is 7. The van der Waals surface area contributed by atoms with Crippen molar-refractivity contribution in [2.24, 2.45) is 0 Å². The average molecular weight is 343 g/mol. The number of methoxy groups -OCH3 is 1. The van der Waals surface area contributed by atoms with Crippen LogP contribution < -0.4 is 14.8 Å². The third-order valence-corrected chi connectivity index (χ3v) is 4.64. The normalized spacial score (nSPS) is 15.8. The molecular formula is C19H25N3O3. The Morgan fingerprint density at radius 1 is 1.36 bits per heavy atom. The molecule has 1 saturated carbocycles. The van der Waals surface area contributed by atoms with Crippen molar-refractivity contribution in [1.82, 2.24) is 14.9 Å². The largest absolute Gasteiger partial charge is 0.493 e. The Morgan fingerprint density at radius 2 is 2.16 bits per heavy atom. The maximum absolute atomic E-state index is 12.3. The van der Waals surface area contributed by atoms with Gasteiger partial charge in [0.2, 0.25) is 5.91 Å². The van der Waals surface area contributed by atoms with E-state index in [1.54, 1.807) is 30.4 Å². The molecule has 1 aliphatic rings. The van der Waals surface area contributed by atoms with Crippen LogP contribution in [0.4, 0.5) is 0 Å². The highest BCUT2D eigenvalue weighted by molar-refractivity contribution is 5.79. The van der Waals surface area contributed by atoms with E-state index in [2.05, 4.69) is 10.3 Å². The molecule has 1 amide bonds. The Hall–Kier alpha value is -2.50. The summed E-state index contributed by atoms with van der Waals surface area (Å²) in [6, 6.07) is 5.52. The maximum atomic E-state index is 12.3. The molecule has 6 heteroatoms. The van der Waals surface area contributed by atoms with Gasteiger partial charge < -0.3 is 19.4 Å². The number of nitrogens with one attached hydrogen (secondary N) is 1. The molecule has 0 radical (unpaired) electrons. The van der Waals surface area contributed by atoms with Gasteiger partial charge in [0.15, 0.2) is 11.5 Å². The van der Waals surface area contributed by atoms with E-state index in [4.69, 9.17) is 9.47 Å². The third-order valence-electron chi connectivity index (χ3n) is 4.64. The number of benzene rings is 1. The van der Waals surface area contributed by atoms with Crippen molar-refractivity contribution in [3.8, 4) is 11.5 Å². The molecular weight excluding hydrogens is 318 g/mol. The fourth-order valence-electron chi connectivity index (χ4n) is 3.08. The standard InChI is InChI=1S/C19H25N3O3/c1-14(22-10-9-20-13-22)19(23)21-12-15-7-8-17(18(11-15)24-2)25-16-5-3-4-6-16/h7-11,13-14,16H,3-6,12H2,1-2H3,(H,21,23)/t14-/m0/s1. The van der Waals surface area contributed by atoms with Crippen LogP contribution in [-0.2, 0) is 11.3 Å². The summed E-state index contributed by atoms with van der Waals surface area (Å²) in [6.07, 6.45) is 10.0. The number of carbonyl (C=O) groups is 1. The summed E-state index contributed by atoms with van der Waals surface area (Å²) < 4.78 is 13.3. The molecule has 6 nitrogen and oxygen atoms in total. The number of imidazole rings is 1. The zero-order valence-electron chi connectivity index (χ0n) is 14.8. The molecule has 1 aliphatic carbocycles. The molecule has 0 bridgehead atoms. The van der Waals surface area contributed by atoms with E-state index < -0.39 is 0 Å². The quantitative estimate of drug-likeness (QED) is 0.839. The Morgan fingerprint density at radius 3 is 2.84 bits per heavy atom.